The van der Waals surface area contributed by atoms with Gasteiger partial charge in [0.2, 0.25) is 5.91 Å². The van der Waals surface area contributed by atoms with Gasteiger partial charge in [0.05, 0.1) is 19.0 Å². The quantitative estimate of drug-likeness (QED) is 0.219. The molecule has 246 valence electrons. The van der Waals surface area contributed by atoms with Crippen LogP contribution >= 0.6 is 31.9 Å². The Morgan fingerprint density at radius 2 is 1.46 bits per heavy atom. The summed E-state index contributed by atoms with van der Waals surface area (Å²) in [5.41, 5.74) is 12.0. The molecule has 0 saturated carbocycles. The molecule has 3 N–H and O–H groups in total. The number of hydrogen-bond donors (Lipinski definition) is 2. The summed E-state index contributed by atoms with van der Waals surface area (Å²) in [7, 11) is 0. The summed E-state index contributed by atoms with van der Waals surface area (Å²) < 4.78 is 17.0. The Kier molecular flexibility index (Phi) is 11.3. The van der Waals surface area contributed by atoms with Gasteiger partial charge in [-0.25, -0.2) is 4.79 Å². The number of carbonyl (C=O) groups excluding carboxylic acids is 4. The molecule has 2 aromatic rings. The highest BCUT2D eigenvalue weighted by Gasteiger charge is 2.34. The third kappa shape index (κ3) is 9.15. The van der Waals surface area contributed by atoms with Crippen LogP contribution in [0, 0.1) is 5.92 Å². The van der Waals surface area contributed by atoms with Crippen LogP contribution < -0.4 is 11.1 Å². The van der Waals surface area contributed by atoms with Crippen LogP contribution in [0.1, 0.15) is 74.4 Å². The predicted molar refractivity (Wildman–Crippen MR) is 181 cm³/mol. The van der Waals surface area contributed by atoms with Crippen molar-refractivity contribution in [2.24, 2.45) is 15.9 Å². The molecule has 46 heavy (non-hydrogen) atoms. The summed E-state index contributed by atoms with van der Waals surface area (Å²) in [5, 5.41) is 2.95. The van der Waals surface area contributed by atoms with E-state index >= 15 is 0 Å². The van der Waals surface area contributed by atoms with E-state index < -0.39 is 17.7 Å². The number of likely N-dealkylation sites (tertiary alicyclic amines) is 1. The van der Waals surface area contributed by atoms with Crippen LogP contribution in [0.4, 0.5) is 16.2 Å². The lowest BCUT2D eigenvalue weighted by atomic mass is 10.0. The van der Waals surface area contributed by atoms with E-state index in [1.54, 1.807) is 4.90 Å². The lowest BCUT2D eigenvalue weighted by Crippen LogP contribution is -2.36. The Labute approximate surface area is 284 Å². The zero-order chi connectivity index (χ0) is 33.8. The molecule has 1 atom stereocenters. The van der Waals surface area contributed by atoms with Crippen molar-refractivity contribution in [2.45, 2.75) is 72.9 Å². The number of ether oxygens (including phenoxy) is 3. The number of aliphatic imine (C=N–C) groups is 2. The van der Waals surface area contributed by atoms with Gasteiger partial charge in [0.15, 0.2) is 0 Å². The van der Waals surface area contributed by atoms with E-state index in [1.165, 1.54) is 13.8 Å². The molecule has 0 bridgehead atoms. The van der Waals surface area contributed by atoms with Crippen molar-refractivity contribution in [3.8, 4) is 0 Å². The van der Waals surface area contributed by atoms with E-state index in [0.29, 0.717) is 49.5 Å². The van der Waals surface area contributed by atoms with Gasteiger partial charge in [-0.2, -0.15) is 0 Å². The zero-order valence-corrected chi connectivity index (χ0v) is 29.5. The number of nitrogens with zero attached hydrogens (tertiary/aromatic N) is 3. The summed E-state index contributed by atoms with van der Waals surface area (Å²) in [5.74, 6) is -1.23. The van der Waals surface area contributed by atoms with Gasteiger partial charge in [-0.15, -0.1) is 0 Å². The second-order valence-corrected chi connectivity index (χ2v) is 13.6. The van der Waals surface area contributed by atoms with E-state index in [1.807, 2.05) is 45.0 Å². The number of anilines is 2. The molecule has 3 aliphatic rings. The molecule has 1 fully saturated rings. The Morgan fingerprint density at radius 1 is 0.913 bits per heavy atom. The average molecular weight is 763 g/mol. The molecule has 2 aromatic carbocycles. The molecule has 12 nitrogen and oxygen atoms in total. The Hall–Kier alpha value is -3.78. The zero-order valence-electron chi connectivity index (χ0n) is 26.4. The van der Waals surface area contributed by atoms with Crippen molar-refractivity contribution in [1.82, 2.24) is 4.90 Å². The van der Waals surface area contributed by atoms with Crippen molar-refractivity contribution in [1.29, 1.82) is 0 Å². The topological polar surface area (TPSA) is 162 Å². The number of fused-ring (bicyclic) bond motifs is 2. The molecule has 0 radical (unpaired) electrons. The maximum atomic E-state index is 12.9. The fraction of sp³-hybridized carbons (Fsp3) is 0.438. The number of hydrogen-bond acceptors (Lipinski definition) is 10. The number of carbonyl (C=O) groups is 4. The van der Waals surface area contributed by atoms with Gasteiger partial charge in [-0.1, -0.05) is 0 Å². The largest absolute Gasteiger partial charge is 0.461 e. The van der Waals surface area contributed by atoms with Gasteiger partial charge in [0.25, 0.3) is 0 Å². The molecule has 2 amide bonds. The number of nitrogens with one attached hydrogen (secondary N) is 1. The highest BCUT2D eigenvalue weighted by molar-refractivity contribution is 9.18. The number of amides is 2. The number of rotatable bonds is 6. The molecule has 5 rings (SSSR count). The fourth-order valence-corrected chi connectivity index (χ4v) is 5.94. The summed E-state index contributed by atoms with van der Waals surface area (Å²) in [6.45, 7) is 10.4. The Bertz CT molecular complexity index is 1620. The summed E-state index contributed by atoms with van der Waals surface area (Å²) in [6, 6.07) is 7.53. The molecule has 14 heteroatoms. The lowest BCUT2D eigenvalue weighted by molar-refractivity contribution is -0.143. The van der Waals surface area contributed by atoms with Gasteiger partial charge in [0, 0.05) is 60.6 Å². The second-order valence-electron chi connectivity index (χ2n) is 12.1. The first-order valence-corrected chi connectivity index (χ1v) is 16.2. The molecule has 1 unspecified atom stereocenters. The Morgan fingerprint density at radius 3 is 2.02 bits per heavy atom. The van der Waals surface area contributed by atoms with Crippen molar-refractivity contribution in [2.75, 3.05) is 24.1 Å². The van der Waals surface area contributed by atoms with Crippen molar-refractivity contribution >= 4 is 76.4 Å². The van der Waals surface area contributed by atoms with Gasteiger partial charge in [0.1, 0.15) is 28.1 Å². The van der Waals surface area contributed by atoms with Crippen molar-refractivity contribution in [3.05, 3.63) is 57.6 Å². The van der Waals surface area contributed by atoms with Gasteiger partial charge >= 0.3 is 18.0 Å². The number of nitrogens with two attached hydrogens (primary N) is 1. The monoisotopic (exact) mass is 761 g/mol. The first-order valence-electron chi connectivity index (χ1n) is 14.6. The fourth-order valence-electron chi connectivity index (χ4n) is 4.95. The molecule has 0 spiro atoms. The standard InChI is InChI=1S/C21H26BrN3O5.C11H11BrN2O2/c1-12(26)29-11-15-7-14-9-23-18(22)16(14)8-17(15)24-19(27)13-5-6-25(10-13)20(28)30-21(2,3)4;1-6(15)16-5-8-2-7-4-14-11(12)9(7)3-10(8)13/h7-8,13H,5-6,9-11H2,1-4H3,(H,24,27);2-3H,4-5,13H2,1H3. The molecular weight excluding hydrogens is 726 g/mol. The van der Waals surface area contributed by atoms with E-state index in [4.69, 9.17) is 19.9 Å². The normalized spacial score (nSPS) is 16.3. The lowest BCUT2D eigenvalue weighted by Gasteiger charge is -2.24. The number of benzene rings is 2. The third-order valence-electron chi connectivity index (χ3n) is 7.25. The number of halogens is 2. The van der Waals surface area contributed by atoms with Crippen LogP contribution in [0.3, 0.4) is 0 Å². The molecule has 0 aromatic heterocycles. The smallest absolute Gasteiger partial charge is 0.410 e. The first kappa shape index (κ1) is 35.1. The van der Waals surface area contributed by atoms with Crippen molar-refractivity contribution in [3.63, 3.8) is 0 Å². The molecule has 0 aliphatic carbocycles. The Balaban J connectivity index is 0.000000252. The highest BCUT2D eigenvalue weighted by Crippen LogP contribution is 2.31. The molecule has 3 aliphatic heterocycles. The van der Waals surface area contributed by atoms with E-state index in [0.717, 1.165) is 37.1 Å². The SMILES string of the molecule is CC(=O)OCc1cc2c(cc1N)C(Br)=NC2.CC(=O)OCc1cc2c(cc1NC(=O)C1CCN(C(=O)OC(C)(C)C)C1)C(Br)=NC2. The van der Waals surface area contributed by atoms with Crippen LogP contribution in [-0.4, -0.2) is 56.8 Å². The van der Waals surface area contributed by atoms with E-state index in [-0.39, 0.29) is 31.0 Å². The van der Waals surface area contributed by atoms with Gasteiger partial charge in [-0.05, 0) is 94.4 Å². The highest BCUT2D eigenvalue weighted by atomic mass is 79.9. The van der Waals surface area contributed by atoms with E-state index in [9.17, 15) is 19.2 Å². The minimum Gasteiger partial charge on any atom is -0.461 e. The second kappa shape index (κ2) is 14.8. The number of nitrogen functional groups attached to an aromatic ring is 1. The summed E-state index contributed by atoms with van der Waals surface area (Å²) in [4.78, 5) is 57.3. The van der Waals surface area contributed by atoms with Crippen LogP contribution in [-0.2, 0) is 54.9 Å². The summed E-state index contributed by atoms with van der Waals surface area (Å²) in [6.07, 6.45) is 0.145. The maximum Gasteiger partial charge on any atom is 0.410 e. The molecule has 1 saturated heterocycles. The van der Waals surface area contributed by atoms with Crippen molar-refractivity contribution < 1.29 is 33.4 Å². The first-order chi connectivity index (χ1) is 21.6. The van der Waals surface area contributed by atoms with Gasteiger partial charge < -0.3 is 30.2 Å². The average Bonchev–Trinajstić information content (AvgIpc) is 3.69. The van der Waals surface area contributed by atoms with Crippen LogP contribution in [0.15, 0.2) is 34.3 Å². The summed E-state index contributed by atoms with van der Waals surface area (Å²) >= 11 is 6.80. The van der Waals surface area contributed by atoms with Crippen LogP contribution in [0.2, 0.25) is 0 Å². The van der Waals surface area contributed by atoms with Gasteiger partial charge in [-0.3, -0.25) is 24.4 Å². The third-order valence-corrected chi connectivity index (χ3v) is 8.60. The minimum atomic E-state index is -0.581. The predicted octanol–water partition coefficient (Wildman–Crippen LogP) is 5.59. The molecular formula is C32H37Br2N5O7. The van der Waals surface area contributed by atoms with Crippen LogP contribution in [0.25, 0.3) is 0 Å². The number of esters is 2. The van der Waals surface area contributed by atoms with Crippen LogP contribution in [0.5, 0.6) is 0 Å². The van der Waals surface area contributed by atoms with E-state index in [2.05, 4.69) is 47.2 Å². The maximum absolute atomic E-state index is 12.9. The molecule has 3 heterocycles. The minimum absolute atomic E-state index is 0.0601.